The summed E-state index contributed by atoms with van der Waals surface area (Å²) in [6, 6.07) is 7.55. The highest BCUT2D eigenvalue weighted by molar-refractivity contribution is 5.91. The summed E-state index contributed by atoms with van der Waals surface area (Å²) in [5, 5.41) is 11.6. The largest absolute Gasteiger partial charge is 0.454 e. The van der Waals surface area contributed by atoms with Crippen LogP contribution in [0.1, 0.15) is 46.0 Å². The lowest BCUT2D eigenvalue weighted by atomic mass is 9.97. The second-order valence-corrected chi connectivity index (χ2v) is 6.87. The van der Waals surface area contributed by atoms with E-state index in [1.807, 2.05) is 25.1 Å². The minimum Gasteiger partial charge on any atom is -0.454 e. The van der Waals surface area contributed by atoms with Crippen molar-refractivity contribution in [1.82, 2.24) is 20.4 Å². The first-order valence-corrected chi connectivity index (χ1v) is 8.90. The molecule has 28 heavy (non-hydrogen) atoms. The summed E-state index contributed by atoms with van der Waals surface area (Å²) in [4.78, 5) is 14.1. The van der Waals surface area contributed by atoms with E-state index in [1.54, 1.807) is 20.0 Å². The summed E-state index contributed by atoms with van der Waals surface area (Å²) >= 11 is 0. The zero-order chi connectivity index (χ0) is 19.7. The molecule has 0 saturated carbocycles. The molecule has 0 aliphatic carbocycles. The van der Waals surface area contributed by atoms with Crippen molar-refractivity contribution in [3.8, 4) is 11.5 Å². The van der Waals surface area contributed by atoms with Crippen molar-refractivity contribution < 1.29 is 23.4 Å². The number of nitrogens with zero attached hydrogens (tertiary/aromatic N) is 4. The lowest BCUT2D eigenvalue weighted by Gasteiger charge is -2.13. The van der Waals surface area contributed by atoms with Crippen LogP contribution in [0.3, 0.4) is 0 Å². The molecular formula is C19H20N4O5. The summed E-state index contributed by atoms with van der Waals surface area (Å²) in [5.74, 6) is 1.48. The number of ether oxygens (including phenoxy) is 2. The predicted octanol–water partition coefficient (Wildman–Crippen LogP) is 2.71. The molecule has 1 unspecified atom stereocenters. The molecule has 9 heteroatoms. The number of aromatic nitrogens is 3. The maximum Gasteiger partial charge on any atom is 0.292 e. The van der Waals surface area contributed by atoms with Gasteiger partial charge in [-0.25, -0.2) is 4.63 Å². The van der Waals surface area contributed by atoms with Gasteiger partial charge in [0, 0.05) is 19.0 Å². The molecule has 1 atom stereocenters. The number of carbonyl (C=O) groups excluding carboxylic acids is 1. The monoisotopic (exact) mass is 384 g/mol. The van der Waals surface area contributed by atoms with Gasteiger partial charge in [0.1, 0.15) is 11.4 Å². The van der Waals surface area contributed by atoms with E-state index in [2.05, 4.69) is 20.1 Å². The molecule has 3 aromatic rings. The van der Waals surface area contributed by atoms with Crippen LogP contribution in [-0.4, -0.2) is 40.1 Å². The van der Waals surface area contributed by atoms with E-state index in [4.69, 9.17) is 14.0 Å². The third-order valence-electron chi connectivity index (χ3n) is 4.70. The Balaban J connectivity index is 1.41. The van der Waals surface area contributed by atoms with Crippen LogP contribution in [-0.2, 0) is 13.0 Å². The minimum atomic E-state index is -0.281. The Morgan fingerprint density at radius 3 is 2.79 bits per heavy atom. The normalized spacial score (nSPS) is 13.5. The summed E-state index contributed by atoms with van der Waals surface area (Å²) in [5.41, 5.74) is 3.06. The van der Waals surface area contributed by atoms with Gasteiger partial charge in [-0.2, -0.15) is 0 Å². The zero-order valence-corrected chi connectivity index (χ0v) is 15.8. The molecule has 1 amide bonds. The molecule has 0 spiro atoms. The highest BCUT2D eigenvalue weighted by atomic mass is 16.7. The molecule has 2 aromatic heterocycles. The fourth-order valence-electron chi connectivity index (χ4n) is 3.03. The lowest BCUT2D eigenvalue weighted by molar-refractivity contribution is 0.0740. The van der Waals surface area contributed by atoms with Gasteiger partial charge < -0.3 is 18.9 Å². The van der Waals surface area contributed by atoms with Gasteiger partial charge in [-0.3, -0.25) is 4.79 Å². The van der Waals surface area contributed by atoms with E-state index >= 15 is 0 Å². The lowest BCUT2D eigenvalue weighted by Crippen LogP contribution is -2.26. The number of benzene rings is 1. The number of hydrogen-bond donors (Lipinski definition) is 0. The van der Waals surface area contributed by atoms with Crippen LogP contribution >= 0.6 is 0 Å². The Labute approximate surface area is 161 Å². The van der Waals surface area contributed by atoms with Crippen LogP contribution < -0.4 is 9.47 Å². The second-order valence-electron chi connectivity index (χ2n) is 6.87. The molecule has 0 bridgehead atoms. The first-order chi connectivity index (χ1) is 13.5. The molecule has 0 N–H and O–H groups in total. The maximum absolute atomic E-state index is 12.6. The molecule has 1 aliphatic rings. The van der Waals surface area contributed by atoms with Crippen LogP contribution in [0.2, 0.25) is 0 Å². The molecule has 3 heterocycles. The molecule has 1 aromatic carbocycles. The highest BCUT2D eigenvalue weighted by Crippen LogP contribution is 2.34. The van der Waals surface area contributed by atoms with E-state index in [0.717, 1.165) is 23.5 Å². The highest BCUT2D eigenvalue weighted by Gasteiger charge is 2.22. The summed E-state index contributed by atoms with van der Waals surface area (Å²) < 4.78 is 20.7. The maximum atomic E-state index is 12.6. The van der Waals surface area contributed by atoms with E-state index in [1.165, 1.54) is 4.90 Å². The smallest absolute Gasteiger partial charge is 0.292 e. The Hall–Kier alpha value is -3.36. The average molecular weight is 384 g/mol. The van der Waals surface area contributed by atoms with Crippen molar-refractivity contribution in [1.29, 1.82) is 0 Å². The van der Waals surface area contributed by atoms with Gasteiger partial charge in [0.05, 0.1) is 12.2 Å². The Morgan fingerprint density at radius 2 is 2.00 bits per heavy atom. The van der Waals surface area contributed by atoms with Gasteiger partial charge in [-0.15, -0.1) is 0 Å². The van der Waals surface area contributed by atoms with Gasteiger partial charge in [-0.05, 0) is 31.0 Å². The van der Waals surface area contributed by atoms with Crippen molar-refractivity contribution in [2.45, 2.75) is 32.7 Å². The Morgan fingerprint density at radius 1 is 1.18 bits per heavy atom. The topological polar surface area (TPSA) is 104 Å². The third-order valence-corrected chi connectivity index (χ3v) is 4.70. The van der Waals surface area contributed by atoms with E-state index < -0.39 is 0 Å². The molecule has 146 valence electrons. The number of hydrogen-bond acceptors (Lipinski definition) is 8. The molecule has 1 aliphatic heterocycles. The van der Waals surface area contributed by atoms with Gasteiger partial charge in [0.15, 0.2) is 11.5 Å². The van der Waals surface area contributed by atoms with Crippen molar-refractivity contribution in [2.75, 3.05) is 13.8 Å². The number of aryl methyl sites for hydroxylation is 1. The molecular weight excluding hydrogens is 364 g/mol. The molecule has 0 saturated heterocycles. The number of fused-ring (bicyclic) bond motifs is 1. The van der Waals surface area contributed by atoms with Crippen molar-refractivity contribution >= 4 is 5.91 Å². The van der Waals surface area contributed by atoms with Gasteiger partial charge in [0.25, 0.3) is 5.91 Å². The summed E-state index contributed by atoms with van der Waals surface area (Å²) in [6.45, 7) is 4.33. The van der Waals surface area contributed by atoms with Crippen LogP contribution in [0, 0.1) is 6.92 Å². The van der Waals surface area contributed by atoms with Gasteiger partial charge in [0.2, 0.25) is 12.6 Å². The Bertz CT molecular complexity index is 996. The Kier molecular flexibility index (Phi) is 4.72. The first-order valence-electron chi connectivity index (χ1n) is 8.90. The second kappa shape index (κ2) is 7.34. The van der Waals surface area contributed by atoms with E-state index in [9.17, 15) is 4.79 Å². The molecule has 4 rings (SSSR count). The number of carbonyl (C=O) groups is 1. The van der Waals surface area contributed by atoms with Crippen LogP contribution in [0.4, 0.5) is 0 Å². The first kappa shape index (κ1) is 18.0. The van der Waals surface area contributed by atoms with Gasteiger partial charge >= 0.3 is 0 Å². The summed E-state index contributed by atoms with van der Waals surface area (Å²) in [6.07, 6.45) is 0.733. The fraction of sp³-hybridized carbons (Fsp3) is 0.368. The standard InChI is InChI=1S/C19H20N4O5/c1-11(6-13-4-5-16-17(7-13)26-10-25-16)14-8-18(27-21-14)19(24)23(3)9-15-12(2)20-28-22-15/h4-5,7-8,11H,6,9-10H2,1-3H3. The minimum absolute atomic E-state index is 0.0676. The SMILES string of the molecule is Cc1nonc1CN(C)C(=O)c1cc(C(C)Cc2ccc3c(c2)OCO3)no1. The zero-order valence-electron chi connectivity index (χ0n) is 15.8. The number of amides is 1. The van der Waals surface area contributed by atoms with E-state index in [0.29, 0.717) is 17.1 Å². The fourth-order valence-corrected chi connectivity index (χ4v) is 3.03. The van der Waals surface area contributed by atoms with Crippen molar-refractivity contribution in [3.05, 3.63) is 52.7 Å². The summed E-state index contributed by atoms with van der Waals surface area (Å²) in [7, 11) is 1.66. The molecule has 9 nitrogen and oxygen atoms in total. The van der Waals surface area contributed by atoms with Gasteiger partial charge in [-0.1, -0.05) is 28.5 Å². The molecule has 0 fully saturated rings. The predicted molar refractivity (Wildman–Crippen MR) is 96.0 cm³/mol. The number of rotatable bonds is 6. The van der Waals surface area contributed by atoms with Crippen LogP contribution in [0.25, 0.3) is 0 Å². The van der Waals surface area contributed by atoms with Crippen LogP contribution in [0.15, 0.2) is 33.4 Å². The van der Waals surface area contributed by atoms with Crippen molar-refractivity contribution in [2.24, 2.45) is 0 Å². The van der Waals surface area contributed by atoms with Crippen molar-refractivity contribution in [3.63, 3.8) is 0 Å². The third kappa shape index (κ3) is 3.55. The van der Waals surface area contributed by atoms with E-state index in [-0.39, 0.29) is 30.9 Å². The quantitative estimate of drug-likeness (QED) is 0.639. The van der Waals surface area contributed by atoms with Crippen LogP contribution in [0.5, 0.6) is 11.5 Å². The average Bonchev–Trinajstić information content (AvgIpc) is 3.42. The molecule has 0 radical (unpaired) electrons.